The second-order valence-corrected chi connectivity index (χ2v) is 4.77. The van der Waals surface area contributed by atoms with Gasteiger partial charge in [0, 0.05) is 5.69 Å². The highest BCUT2D eigenvalue weighted by Gasteiger charge is 2.05. The van der Waals surface area contributed by atoms with Crippen LogP contribution in [0.1, 0.15) is 5.56 Å². The number of anilines is 2. The lowest BCUT2D eigenvalue weighted by molar-refractivity contribution is -0.113. The Balaban J connectivity index is 1.86. The van der Waals surface area contributed by atoms with Gasteiger partial charge < -0.3 is 11.1 Å². The minimum atomic E-state index is -0.118. The molecule has 1 heterocycles. The third-order valence-corrected chi connectivity index (χ3v) is 3.10. The first-order valence-corrected chi connectivity index (χ1v) is 6.56. The monoisotopic (exact) mass is 275 g/mol. The molecule has 0 aliphatic carbocycles. The van der Waals surface area contributed by atoms with Crippen LogP contribution in [0.3, 0.4) is 0 Å². The lowest BCUT2D eigenvalue weighted by atomic mass is 10.2. The standard InChI is InChI=1S/C12H13N5OS/c1-8-2-4-9(5-3-8)16-10(18)6-19-12-15-7-14-11(13)17-12/h2-5,7H,6H2,1H3,(H,16,18)(H2,13,14,15,17). The molecule has 1 amide bonds. The zero-order chi connectivity index (χ0) is 13.7. The van der Waals surface area contributed by atoms with Gasteiger partial charge >= 0.3 is 0 Å². The maximum Gasteiger partial charge on any atom is 0.234 e. The molecular weight excluding hydrogens is 262 g/mol. The summed E-state index contributed by atoms with van der Waals surface area (Å²) in [5.74, 6) is 0.251. The molecule has 0 aliphatic rings. The molecule has 19 heavy (non-hydrogen) atoms. The maximum absolute atomic E-state index is 11.7. The molecule has 3 N–H and O–H groups in total. The quantitative estimate of drug-likeness (QED) is 0.821. The van der Waals surface area contributed by atoms with E-state index in [2.05, 4.69) is 20.3 Å². The van der Waals surface area contributed by atoms with Gasteiger partial charge in [-0.05, 0) is 19.1 Å². The number of hydrogen-bond donors (Lipinski definition) is 2. The van der Waals surface area contributed by atoms with E-state index in [4.69, 9.17) is 5.73 Å². The Morgan fingerprint density at radius 2 is 2.05 bits per heavy atom. The van der Waals surface area contributed by atoms with Crippen LogP contribution in [0, 0.1) is 6.92 Å². The molecule has 2 rings (SSSR count). The number of amides is 1. The number of nitrogen functional groups attached to an aromatic ring is 1. The van der Waals surface area contributed by atoms with Crippen LogP contribution in [0.25, 0.3) is 0 Å². The average molecular weight is 275 g/mol. The van der Waals surface area contributed by atoms with Gasteiger partial charge in [-0.1, -0.05) is 29.5 Å². The second kappa shape index (κ2) is 6.14. The number of thioether (sulfide) groups is 1. The smallest absolute Gasteiger partial charge is 0.234 e. The van der Waals surface area contributed by atoms with Crippen molar-refractivity contribution in [2.75, 3.05) is 16.8 Å². The van der Waals surface area contributed by atoms with Gasteiger partial charge in [0.15, 0.2) is 5.16 Å². The van der Waals surface area contributed by atoms with Crippen LogP contribution in [0.15, 0.2) is 35.7 Å². The summed E-state index contributed by atoms with van der Waals surface area (Å²) in [5, 5.41) is 3.23. The van der Waals surface area contributed by atoms with Crippen molar-refractivity contribution < 1.29 is 4.79 Å². The van der Waals surface area contributed by atoms with E-state index in [1.807, 2.05) is 31.2 Å². The normalized spacial score (nSPS) is 10.2. The third kappa shape index (κ3) is 4.22. The van der Waals surface area contributed by atoms with Crippen LogP contribution >= 0.6 is 11.8 Å². The Hall–Kier alpha value is -2.15. The fourth-order valence-electron chi connectivity index (χ4n) is 1.33. The first kappa shape index (κ1) is 13.3. The number of rotatable bonds is 4. The minimum absolute atomic E-state index is 0.118. The first-order valence-electron chi connectivity index (χ1n) is 5.57. The van der Waals surface area contributed by atoms with Crippen molar-refractivity contribution in [2.45, 2.75) is 12.1 Å². The van der Waals surface area contributed by atoms with E-state index in [-0.39, 0.29) is 17.6 Å². The highest BCUT2D eigenvalue weighted by Crippen LogP contribution is 2.13. The van der Waals surface area contributed by atoms with Crippen LogP contribution < -0.4 is 11.1 Å². The molecule has 0 fully saturated rings. The number of nitrogens with two attached hydrogens (primary N) is 1. The molecule has 0 aliphatic heterocycles. The van der Waals surface area contributed by atoms with Gasteiger partial charge in [0.2, 0.25) is 11.9 Å². The van der Waals surface area contributed by atoms with Gasteiger partial charge in [-0.15, -0.1) is 0 Å². The molecule has 2 aromatic rings. The average Bonchev–Trinajstić information content (AvgIpc) is 2.39. The van der Waals surface area contributed by atoms with E-state index >= 15 is 0 Å². The molecule has 6 nitrogen and oxygen atoms in total. The predicted molar refractivity (Wildman–Crippen MR) is 74.8 cm³/mol. The van der Waals surface area contributed by atoms with Gasteiger partial charge in [0.1, 0.15) is 6.33 Å². The SMILES string of the molecule is Cc1ccc(NC(=O)CSc2ncnc(N)n2)cc1. The summed E-state index contributed by atoms with van der Waals surface area (Å²) >= 11 is 1.21. The molecular formula is C12H13N5OS. The van der Waals surface area contributed by atoms with E-state index in [0.717, 1.165) is 11.3 Å². The number of nitrogens with one attached hydrogen (secondary N) is 1. The molecule has 0 saturated heterocycles. The van der Waals surface area contributed by atoms with Crippen molar-refractivity contribution in [3.05, 3.63) is 36.2 Å². The number of nitrogens with zero attached hydrogens (tertiary/aromatic N) is 3. The minimum Gasteiger partial charge on any atom is -0.368 e. The van der Waals surface area contributed by atoms with Gasteiger partial charge in [-0.3, -0.25) is 4.79 Å². The van der Waals surface area contributed by atoms with E-state index < -0.39 is 0 Å². The number of aromatic nitrogens is 3. The summed E-state index contributed by atoms with van der Waals surface area (Å²) in [5.41, 5.74) is 7.34. The Labute approximate surface area is 114 Å². The van der Waals surface area contributed by atoms with Crippen molar-refractivity contribution in [3.63, 3.8) is 0 Å². The third-order valence-electron chi connectivity index (χ3n) is 2.24. The second-order valence-electron chi connectivity index (χ2n) is 3.83. The van der Waals surface area contributed by atoms with Crippen molar-refractivity contribution in [2.24, 2.45) is 0 Å². The highest BCUT2D eigenvalue weighted by atomic mass is 32.2. The van der Waals surface area contributed by atoms with Crippen molar-refractivity contribution >= 4 is 29.3 Å². The van der Waals surface area contributed by atoms with Crippen LogP contribution in [0.2, 0.25) is 0 Å². The highest BCUT2D eigenvalue weighted by molar-refractivity contribution is 7.99. The van der Waals surface area contributed by atoms with E-state index in [1.54, 1.807) is 0 Å². The number of carbonyl (C=O) groups excluding carboxylic acids is 1. The van der Waals surface area contributed by atoms with Crippen LogP contribution in [-0.2, 0) is 4.79 Å². The Kier molecular flexibility index (Phi) is 4.30. The van der Waals surface area contributed by atoms with E-state index in [1.165, 1.54) is 18.1 Å². The molecule has 98 valence electrons. The first-order chi connectivity index (χ1) is 9.13. The van der Waals surface area contributed by atoms with Crippen molar-refractivity contribution in [1.29, 1.82) is 0 Å². The zero-order valence-electron chi connectivity index (χ0n) is 10.3. The summed E-state index contributed by atoms with van der Waals surface area (Å²) < 4.78 is 0. The van der Waals surface area contributed by atoms with Gasteiger partial charge in [0.25, 0.3) is 0 Å². The van der Waals surface area contributed by atoms with Crippen molar-refractivity contribution in [3.8, 4) is 0 Å². The molecule has 0 spiro atoms. The summed E-state index contributed by atoms with van der Waals surface area (Å²) in [6.07, 6.45) is 1.32. The largest absolute Gasteiger partial charge is 0.368 e. The lowest BCUT2D eigenvalue weighted by Gasteiger charge is -2.04. The summed E-state index contributed by atoms with van der Waals surface area (Å²) in [7, 11) is 0. The van der Waals surface area contributed by atoms with Crippen molar-refractivity contribution in [1.82, 2.24) is 15.0 Å². The van der Waals surface area contributed by atoms with Crippen LogP contribution in [-0.4, -0.2) is 26.6 Å². The molecule has 0 atom stereocenters. The summed E-state index contributed by atoms with van der Waals surface area (Å²) in [6.45, 7) is 1.99. The maximum atomic E-state index is 11.7. The van der Waals surface area contributed by atoms with E-state index in [0.29, 0.717) is 5.16 Å². The molecule has 0 unspecified atom stereocenters. The Morgan fingerprint density at radius 3 is 2.74 bits per heavy atom. The Morgan fingerprint density at radius 1 is 1.32 bits per heavy atom. The lowest BCUT2D eigenvalue weighted by Crippen LogP contribution is -2.14. The molecule has 7 heteroatoms. The molecule has 0 saturated carbocycles. The summed E-state index contributed by atoms with van der Waals surface area (Å²) in [6, 6.07) is 7.60. The fourth-order valence-corrected chi connectivity index (χ4v) is 1.94. The number of hydrogen-bond acceptors (Lipinski definition) is 6. The predicted octanol–water partition coefficient (Wildman–Crippen LogP) is 1.49. The Bertz CT molecular complexity index is 573. The zero-order valence-corrected chi connectivity index (χ0v) is 11.1. The van der Waals surface area contributed by atoms with Crippen LogP contribution in [0.4, 0.5) is 11.6 Å². The molecule has 1 aromatic carbocycles. The van der Waals surface area contributed by atoms with Gasteiger partial charge in [0.05, 0.1) is 5.75 Å². The van der Waals surface area contributed by atoms with E-state index in [9.17, 15) is 4.79 Å². The van der Waals surface area contributed by atoms with Gasteiger partial charge in [-0.2, -0.15) is 4.98 Å². The molecule has 1 aromatic heterocycles. The fraction of sp³-hybridized carbons (Fsp3) is 0.167. The molecule has 0 radical (unpaired) electrons. The number of carbonyl (C=O) groups is 1. The summed E-state index contributed by atoms with van der Waals surface area (Å²) in [4.78, 5) is 23.2. The van der Waals surface area contributed by atoms with Gasteiger partial charge in [-0.25, -0.2) is 9.97 Å². The van der Waals surface area contributed by atoms with Crippen LogP contribution in [0.5, 0.6) is 0 Å². The number of aryl methyl sites for hydroxylation is 1. The number of benzene rings is 1. The molecule has 0 bridgehead atoms. The topological polar surface area (TPSA) is 93.8 Å².